The fraction of sp³-hybridized carbons (Fsp3) is 0.562. The first-order valence-electron chi connectivity index (χ1n) is 7.23. The number of nitrogens with zero attached hydrogens (tertiary/aromatic N) is 2. The Morgan fingerprint density at radius 1 is 1.32 bits per heavy atom. The summed E-state index contributed by atoms with van der Waals surface area (Å²) in [4.78, 5) is 2.50. The van der Waals surface area contributed by atoms with E-state index < -0.39 is 0 Å². The highest BCUT2D eigenvalue weighted by molar-refractivity contribution is 5.14. The lowest BCUT2D eigenvalue weighted by Crippen LogP contribution is -2.45. The second-order valence-electron chi connectivity index (χ2n) is 5.29. The van der Waals surface area contributed by atoms with E-state index in [1.807, 2.05) is 0 Å². The van der Waals surface area contributed by atoms with Gasteiger partial charge in [0.1, 0.15) is 0 Å². The van der Waals surface area contributed by atoms with Crippen molar-refractivity contribution in [3.05, 3.63) is 35.9 Å². The second-order valence-corrected chi connectivity index (χ2v) is 5.29. The molecular weight excluding hydrogens is 234 g/mol. The molecule has 2 rings (SSSR count). The maximum Gasteiger partial charge on any atom is 0.0952 e. The number of hydrogen-bond donors (Lipinski definition) is 1. The summed E-state index contributed by atoms with van der Waals surface area (Å²) in [5, 5.41) is 12.4. The topological polar surface area (TPSA) is 39.1 Å². The number of rotatable bonds is 5. The van der Waals surface area contributed by atoms with E-state index in [9.17, 15) is 0 Å². The summed E-state index contributed by atoms with van der Waals surface area (Å²) in [7, 11) is 0. The Morgan fingerprint density at radius 2 is 2.00 bits per heavy atom. The molecular formula is C16H23N3. The van der Waals surface area contributed by atoms with E-state index in [0.29, 0.717) is 6.04 Å². The molecule has 1 unspecified atom stereocenters. The molecule has 1 aromatic rings. The van der Waals surface area contributed by atoms with Crippen LogP contribution in [-0.2, 0) is 6.54 Å². The van der Waals surface area contributed by atoms with E-state index in [-0.39, 0.29) is 6.04 Å². The molecule has 1 heterocycles. The lowest BCUT2D eigenvalue weighted by atomic mass is 10.0. The first-order chi connectivity index (χ1) is 9.31. The van der Waals surface area contributed by atoms with Gasteiger partial charge >= 0.3 is 0 Å². The summed E-state index contributed by atoms with van der Waals surface area (Å²) in [6, 6.07) is 13.5. The molecule has 1 saturated heterocycles. The van der Waals surface area contributed by atoms with Crippen LogP contribution in [0.2, 0.25) is 0 Å². The van der Waals surface area contributed by atoms with Gasteiger partial charge in [-0.05, 0) is 37.9 Å². The number of piperidine rings is 1. The van der Waals surface area contributed by atoms with Gasteiger partial charge in [-0.1, -0.05) is 37.3 Å². The molecule has 102 valence electrons. The van der Waals surface area contributed by atoms with Crippen molar-refractivity contribution in [2.45, 2.75) is 44.8 Å². The average molecular weight is 257 g/mol. The first kappa shape index (κ1) is 14.0. The van der Waals surface area contributed by atoms with Crippen LogP contribution >= 0.6 is 0 Å². The van der Waals surface area contributed by atoms with Crippen LogP contribution in [0.5, 0.6) is 0 Å². The van der Waals surface area contributed by atoms with E-state index in [4.69, 9.17) is 5.26 Å². The highest BCUT2D eigenvalue weighted by Gasteiger charge is 2.20. The molecule has 1 aliphatic rings. The highest BCUT2D eigenvalue weighted by atomic mass is 15.1. The Morgan fingerprint density at radius 3 is 2.58 bits per heavy atom. The molecule has 0 aromatic heterocycles. The molecule has 0 aliphatic carbocycles. The molecule has 1 aromatic carbocycles. The molecule has 3 nitrogen and oxygen atoms in total. The van der Waals surface area contributed by atoms with Gasteiger partial charge in [0.05, 0.1) is 12.1 Å². The molecule has 1 N–H and O–H groups in total. The van der Waals surface area contributed by atoms with Crippen molar-refractivity contribution in [3.8, 4) is 6.07 Å². The third kappa shape index (κ3) is 4.34. The van der Waals surface area contributed by atoms with Crippen molar-refractivity contribution in [1.29, 1.82) is 5.26 Å². The summed E-state index contributed by atoms with van der Waals surface area (Å²) in [6.07, 6.45) is 3.18. The normalized spacial score (nSPS) is 18.9. The van der Waals surface area contributed by atoms with Crippen molar-refractivity contribution in [2.75, 3.05) is 13.1 Å². The number of nitriles is 1. The molecule has 19 heavy (non-hydrogen) atoms. The third-order valence-corrected chi connectivity index (χ3v) is 3.84. The molecule has 0 spiro atoms. The minimum absolute atomic E-state index is 0.0191. The Hall–Kier alpha value is -1.37. The van der Waals surface area contributed by atoms with Crippen LogP contribution in [0.3, 0.4) is 0 Å². The monoisotopic (exact) mass is 257 g/mol. The molecule has 0 bridgehead atoms. The van der Waals surface area contributed by atoms with Crippen LogP contribution in [0.25, 0.3) is 0 Å². The van der Waals surface area contributed by atoms with Crippen molar-refractivity contribution < 1.29 is 0 Å². The summed E-state index contributed by atoms with van der Waals surface area (Å²) in [5.74, 6) is 0. The first-order valence-corrected chi connectivity index (χ1v) is 7.23. The van der Waals surface area contributed by atoms with Gasteiger partial charge in [-0.25, -0.2) is 0 Å². The standard InChI is InChI=1S/C16H23N3/c1-2-15(12-17)18-16-8-10-19(11-9-16)13-14-6-4-3-5-7-14/h3-7,15-16,18H,2,8-11,13H2,1H3. The van der Waals surface area contributed by atoms with Gasteiger partial charge in [0.25, 0.3) is 0 Å². The lowest BCUT2D eigenvalue weighted by Gasteiger charge is -2.33. The quantitative estimate of drug-likeness (QED) is 0.881. The van der Waals surface area contributed by atoms with E-state index in [1.165, 1.54) is 5.56 Å². The maximum absolute atomic E-state index is 8.98. The lowest BCUT2D eigenvalue weighted by molar-refractivity contribution is 0.187. The average Bonchev–Trinajstić information content (AvgIpc) is 2.47. The smallest absolute Gasteiger partial charge is 0.0952 e. The number of benzene rings is 1. The van der Waals surface area contributed by atoms with Crippen LogP contribution in [-0.4, -0.2) is 30.1 Å². The molecule has 0 radical (unpaired) electrons. The zero-order valence-electron chi connectivity index (χ0n) is 11.7. The van der Waals surface area contributed by atoms with Gasteiger partial charge in [-0.2, -0.15) is 5.26 Å². The highest BCUT2D eigenvalue weighted by Crippen LogP contribution is 2.14. The fourth-order valence-corrected chi connectivity index (χ4v) is 2.63. The van der Waals surface area contributed by atoms with Crippen LogP contribution in [0.1, 0.15) is 31.7 Å². The Bertz CT molecular complexity index is 402. The largest absolute Gasteiger partial charge is 0.299 e. The van der Waals surface area contributed by atoms with E-state index in [1.54, 1.807) is 0 Å². The zero-order chi connectivity index (χ0) is 13.5. The minimum atomic E-state index is 0.0191. The van der Waals surface area contributed by atoms with Crippen molar-refractivity contribution in [2.24, 2.45) is 0 Å². The summed E-state index contributed by atoms with van der Waals surface area (Å²) in [6.45, 7) is 5.34. The van der Waals surface area contributed by atoms with Gasteiger partial charge in [0.15, 0.2) is 0 Å². The van der Waals surface area contributed by atoms with E-state index >= 15 is 0 Å². The van der Waals surface area contributed by atoms with E-state index in [2.05, 4.69) is 53.5 Å². The fourth-order valence-electron chi connectivity index (χ4n) is 2.63. The third-order valence-electron chi connectivity index (χ3n) is 3.84. The van der Waals surface area contributed by atoms with Gasteiger partial charge in [0, 0.05) is 12.6 Å². The van der Waals surface area contributed by atoms with Crippen LogP contribution in [0.4, 0.5) is 0 Å². The minimum Gasteiger partial charge on any atom is -0.299 e. The van der Waals surface area contributed by atoms with Crippen molar-refractivity contribution in [1.82, 2.24) is 10.2 Å². The predicted octanol–water partition coefficient (Wildman–Crippen LogP) is 2.54. The Balaban J connectivity index is 1.75. The van der Waals surface area contributed by atoms with Gasteiger partial charge in [0.2, 0.25) is 0 Å². The number of hydrogen-bond acceptors (Lipinski definition) is 3. The maximum atomic E-state index is 8.98. The molecule has 1 atom stereocenters. The number of nitrogens with one attached hydrogen (secondary N) is 1. The predicted molar refractivity (Wildman–Crippen MR) is 77.6 cm³/mol. The van der Waals surface area contributed by atoms with Crippen molar-refractivity contribution in [3.63, 3.8) is 0 Å². The molecule has 1 aliphatic heterocycles. The molecule has 0 amide bonds. The zero-order valence-corrected chi connectivity index (χ0v) is 11.7. The second kappa shape index (κ2) is 7.28. The van der Waals surface area contributed by atoms with Gasteiger partial charge in [-0.15, -0.1) is 0 Å². The summed E-state index contributed by atoms with van der Waals surface area (Å²) >= 11 is 0. The van der Waals surface area contributed by atoms with Crippen LogP contribution in [0, 0.1) is 11.3 Å². The molecule has 1 fully saturated rings. The van der Waals surface area contributed by atoms with Crippen molar-refractivity contribution >= 4 is 0 Å². The Labute approximate surface area is 116 Å². The Kier molecular flexibility index (Phi) is 5.38. The SMILES string of the molecule is CCC(C#N)NC1CCN(Cc2ccccc2)CC1. The van der Waals surface area contributed by atoms with Gasteiger partial charge < -0.3 is 0 Å². The van der Waals surface area contributed by atoms with Gasteiger partial charge in [-0.3, -0.25) is 10.2 Å². The molecule has 3 heteroatoms. The van der Waals surface area contributed by atoms with E-state index in [0.717, 1.165) is 38.9 Å². The summed E-state index contributed by atoms with van der Waals surface area (Å²) < 4.78 is 0. The van der Waals surface area contributed by atoms with Crippen LogP contribution in [0.15, 0.2) is 30.3 Å². The molecule has 0 saturated carbocycles. The van der Waals surface area contributed by atoms with Crippen LogP contribution < -0.4 is 5.32 Å². The summed E-state index contributed by atoms with van der Waals surface area (Å²) in [5.41, 5.74) is 1.39. The number of likely N-dealkylation sites (tertiary alicyclic amines) is 1.